The van der Waals surface area contributed by atoms with Gasteiger partial charge in [0.25, 0.3) is 0 Å². The van der Waals surface area contributed by atoms with Gasteiger partial charge in [0.15, 0.2) is 0 Å². The lowest BCUT2D eigenvalue weighted by molar-refractivity contribution is -0.146. The van der Waals surface area contributed by atoms with Gasteiger partial charge in [-0.05, 0) is 58.9 Å². The van der Waals surface area contributed by atoms with Gasteiger partial charge in [-0.15, -0.1) is 0 Å². The molecule has 0 saturated carbocycles. The smallest absolute Gasteiger partial charge is 0.408 e. The van der Waals surface area contributed by atoms with E-state index < -0.39 is 54.1 Å². The number of carbonyl (C=O) groups excluding carboxylic acids is 4. The average Bonchev–Trinajstić information content (AvgIpc) is 2.80. The summed E-state index contributed by atoms with van der Waals surface area (Å²) < 4.78 is 10.0. The predicted molar refractivity (Wildman–Crippen MR) is 140 cm³/mol. The van der Waals surface area contributed by atoms with Crippen LogP contribution in [-0.4, -0.2) is 65.2 Å². The second-order valence-electron chi connectivity index (χ2n) is 10.5. The number of alkyl carbamates (subject to hydrolysis) is 1. The Morgan fingerprint density at radius 3 is 2.24 bits per heavy atom. The Kier molecular flexibility index (Phi) is 11.9. The van der Waals surface area contributed by atoms with Crippen molar-refractivity contribution in [1.29, 1.82) is 0 Å². The molecule has 0 fully saturated rings. The number of methoxy groups -OCH3 is 1. The minimum atomic E-state index is -1.28. The number of nitrogens with one attached hydrogen (secondary N) is 2. The van der Waals surface area contributed by atoms with Gasteiger partial charge in [-0.1, -0.05) is 39.0 Å². The minimum Gasteiger partial charge on any atom is -0.507 e. The normalized spacial score (nSPS) is 13.8. The highest BCUT2D eigenvalue weighted by Crippen LogP contribution is 2.34. The third-order valence-corrected chi connectivity index (χ3v) is 5.74. The fourth-order valence-corrected chi connectivity index (χ4v) is 3.77. The van der Waals surface area contributed by atoms with Gasteiger partial charge in [-0.2, -0.15) is 0 Å². The number of hydrogen-bond acceptors (Lipinski definition) is 7. The van der Waals surface area contributed by atoms with Crippen LogP contribution in [0.1, 0.15) is 78.5 Å². The average molecular weight is 522 g/mol. The molecule has 3 N–H and O–H groups in total. The second-order valence-corrected chi connectivity index (χ2v) is 10.5. The number of benzene rings is 1. The zero-order valence-corrected chi connectivity index (χ0v) is 23.5. The van der Waals surface area contributed by atoms with E-state index in [1.54, 1.807) is 52.8 Å². The molecule has 10 nitrogen and oxygen atoms in total. The lowest BCUT2D eigenvalue weighted by Crippen LogP contribution is -2.56. The van der Waals surface area contributed by atoms with Crippen molar-refractivity contribution < 1.29 is 33.8 Å². The molecule has 0 radical (unpaired) electrons. The number of phenols is 1. The highest BCUT2D eigenvalue weighted by molar-refractivity contribution is 5.93. The molecule has 3 unspecified atom stereocenters. The molecule has 208 valence electrons. The Hall–Kier alpha value is -3.30. The number of amides is 3. The molecule has 1 aromatic carbocycles. The highest BCUT2D eigenvalue weighted by Gasteiger charge is 2.40. The van der Waals surface area contributed by atoms with E-state index in [4.69, 9.17) is 4.74 Å². The Bertz CT molecular complexity index is 956. The van der Waals surface area contributed by atoms with Crippen LogP contribution in [0, 0.1) is 12.8 Å². The largest absolute Gasteiger partial charge is 0.507 e. The molecule has 0 aromatic heterocycles. The van der Waals surface area contributed by atoms with Crippen LogP contribution in [0.3, 0.4) is 0 Å². The summed E-state index contributed by atoms with van der Waals surface area (Å²) in [6, 6.07) is 2.19. The summed E-state index contributed by atoms with van der Waals surface area (Å²) in [5.41, 5.74) is -0.0442. The molecule has 0 saturated heterocycles. The molecule has 37 heavy (non-hydrogen) atoms. The molecule has 10 heteroatoms. The molecule has 3 amide bonds. The van der Waals surface area contributed by atoms with Crippen molar-refractivity contribution in [3.63, 3.8) is 0 Å². The fraction of sp³-hybridized carbons (Fsp3) is 0.630. The van der Waals surface area contributed by atoms with Crippen LogP contribution in [0.4, 0.5) is 4.79 Å². The van der Waals surface area contributed by atoms with E-state index in [1.807, 2.05) is 20.8 Å². The van der Waals surface area contributed by atoms with Gasteiger partial charge < -0.3 is 30.1 Å². The third-order valence-electron chi connectivity index (χ3n) is 5.74. The van der Waals surface area contributed by atoms with Crippen molar-refractivity contribution in [1.82, 2.24) is 15.5 Å². The summed E-state index contributed by atoms with van der Waals surface area (Å²) in [6.45, 7) is 13.9. The van der Waals surface area contributed by atoms with E-state index in [-0.39, 0.29) is 17.2 Å². The van der Waals surface area contributed by atoms with Gasteiger partial charge >= 0.3 is 12.1 Å². The molecule has 0 bridgehead atoms. The maximum Gasteiger partial charge on any atom is 0.408 e. The first-order valence-corrected chi connectivity index (χ1v) is 12.6. The molecule has 0 aliphatic rings. The van der Waals surface area contributed by atoms with E-state index in [1.165, 1.54) is 12.0 Å². The summed E-state index contributed by atoms with van der Waals surface area (Å²) in [7, 11) is 1.20. The van der Waals surface area contributed by atoms with Crippen molar-refractivity contribution in [2.45, 2.75) is 92.0 Å². The van der Waals surface area contributed by atoms with Gasteiger partial charge in [0.2, 0.25) is 11.8 Å². The summed E-state index contributed by atoms with van der Waals surface area (Å²) in [6.07, 6.45) is 0.0297. The Labute approximate surface area is 220 Å². The summed E-state index contributed by atoms with van der Waals surface area (Å²) >= 11 is 0. The second kappa shape index (κ2) is 13.9. The van der Waals surface area contributed by atoms with E-state index >= 15 is 0 Å². The summed E-state index contributed by atoms with van der Waals surface area (Å²) in [5.74, 6) is -1.94. The standard InChI is InChI=1S/C27H43N3O7/c1-10-18(5)30(25(34)20(14-16(2)3)29-26(35)37-27(6,7)8)22(24(33)28-15-21(31)36-9)19-13-11-12-17(4)23(19)32/h11-13,16,18,20,22,32H,10,14-15H2,1-9H3,(H,28,33)(H,29,35). The lowest BCUT2D eigenvalue weighted by Gasteiger charge is -2.38. The predicted octanol–water partition coefficient (Wildman–Crippen LogP) is 3.60. The van der Waals surface area contributed by atoms with Crippen LogP contribution in [0.15, 0.2) is 18.2 Å². The SMILES string of the molecule is CCC(C)N(C(=O)C(CC(C)C)NC(=O)OC(C)(C)C)C(C(=O)NCC(=O)OC)c1cccc(C)c1O. The first-order chi connectivity index (χ1) is 17.1. The van der Waals surface area contributed by atoms with Gasteiger partial charge in [0.05, 0.1) is 7.11 Å². The van der Waals surface area contributed by atoms with Gasteiger partial charge in [0.1, 0.15) is 30.0 Å². The molecular weight excluding hydrogens is 478 g/mol. The van der Waals surface area contributed by atoms with Crippen molar-refractivity contribution >= 4 is 23.9 Å². The molecular formula is C27H43N3O7. The van der Waals surface area contributed by atoms with Crippen LogP contribution in [0.5, 0.6) is 5.75 Å². The van der Waals surface area contributed by atoms with E-state index in [9.17, 15) is 24.3 Å². The number of aryl methyl sites for hydroxylation is 1. The van der Waals surface area contributed by atoms with Crippen LogP contribution < -0.4 is 10.6 Å². The fourth-order valence-electron chi connectivity index (χ4n) is 3.77. The minimum absolute atomic E-state index is 0.0293. The quantitative estimate of drug-likeness (QED) is 0.379. The third kappa shape index (κ3) is 9.59. The Morgan fingerprint density at radius 2 is 1.73 bits per heavy atom. The molecule has 3 atom stereocenters. The first-order valence-electron chi connectivity index (χ1n) is 12.6. The van der Waals surface area contributed by atoms with Crippen LogP contribution in [0.2, 0.25) is 0 Å². The number of ether oxygens (including phenoxy) is 2. The van der Waals surface area contributed by atoms with Crippen molar-refractivity contribution in [3.8, 4) is 5.75 Å². The molecule has 0 aliphatic carbocycles. The summed E-state index contributed by atoms with van der Waals surface area (Å²) in [5, 5.41) is 16.1. The molecule has 0 aliphatic heterocycles. The zero-order valence-electron chi connectivity index (χ0n) is 23.5. The van der Waals surface area contributed by atoms with Crippen molar-refractivity contribution in [3.05, 3.63) is 29.3 Å². The van der Waals surface area contributed by atoms with E-state index in [0.29, 0.717) is 18.4 Å². The van der Waals surface area contributed by atoms with Crippen LogP contribution in [-0.2, 0) is 23.9 Å². The molecule has 0 spiro atoms. The van der Waals surface area contributed by atoms with Crippen molar-refractivity contribution in [2.75, 3.05) is 13.7 Å². The maximum atomic E-state index is 14.1. The number of aromatic hydroxyl groups is 1. The number of rotatable bonds is 11. The molecule has 1 rings (SSSR count). The van der Waals surface area contributed by atoms with Gasteiger partial charge in [-0.25, -0.2) is 4.79 Å². The number of carbonyl (C=O) groups is 4. The number of phenolic OH excluding ortho intramolecular Hbond substituents is 1. The number of para-hydroxylation sites is 1. The Morgan fingerprint density at radius 1 is 1.11 bits per heavy atom. The van der Waals surface area contributed by atoms with Gasteiger partial charge in [-0.3, -0.25) is 14.4 Å². The zero-order chi connectivity index (χ0) is 28.5. The van der Waals surface area contributed by atoms with E-state index in [0.717, 1.165) is 0 Å². The number of hydrogen-bond donors (Lipinski definition) is 3. The van der Waals surface area contributed by atoms with Crippen molar-refractivity contribution in [2.24, 2.45) is 5.92 Å². The Balaban J connectivity index is 3.61. The van der Waals surface area contributed by atoms with Crippen LogP contribution >= 0.6 is 0 Å². The highest BCUT2D eigenvalue weighted by atomic mass is 16.6. The maximum absolute atomic E-state index is 14.1. The summed E-state index contributed by atoms with van der Waals surface area (Å²) in [4.78, 5) is 53.3. The topological polar surface area (TPSA) is 134 Å². The number of esters is 1. The van der Waals surface area contributed by atoms with Gasteiger partial charge in [0, 0.05) is 11.6 Å². The monoisotopic (exact) mass is 521 g/mol. The lowest BCUT2D eigenvalue weighted by atomic mass is 9.95. The first kappa shape index (κ1) is 31.7. The molecule has 0 heterocycles. The van der Waals surface area contributed by atoms with Crippen LogP contribution in [0.25, 0.3) is 0 Å². The molecule has 1 aromatic rings. The number of nitrogens with zero attached hydrogens (tertiary/aromatic N) is 1. The van der Waals surface area contributed by atoms with E-state index in [2.05, 4.69) is 15.4 Å².